The molecule has 2 aromatic rings. The maximum atomic E-state index is 12.7. The van der Waals surface area contributed by atoms with Crippen LogP contribution in [0.3, 0.4) is 0 Å². The molecule has 7 heteroatoms. The lowest BCUT2D eigenvalue weighted by Gasteiger charge is -2.38. The van der Waals surface area contributed by atoms with Gasteiger partial charge < -0.3 is 15.3 Å². The molecule has 2 aliphatic heterocycles. The fourth-order valence-electron chi connectivity index (χ4n) is 4.82. The van der Waals surface area contributed by atoms with E-state index in [9.17, 15) is 14.7 Å². The minimum absolute atomic E-state index is 0.0309. The quantitative estimate of drug-likeness (QED) is 0.715. The van der Waals surface area contributed by atoms with Crippen molar-refractivity contribution in [2.45, 2.75) is 43.9 Å². The number of benzene rings is 1. The van der Waals surface area contributed by atoms with Gasteiger partial charge in [-0.3, -0.25) is 14.6 Å². The molecule has 3 aliphatic rings. The topological polar surface area (TPSA) is 98.3 Å². The number of aromatic nitrogens is 2. The van der Waals surface area contributed by atoms with E-state index in [4.69, 9.17) is 4.98 Å². The number of rotatable bonds is 1. The number of carbonyl (C=O) groups excluding carboxylic acids is 1. The lowest BCUT2D eigenvalue weighted by Crippen LogP contribution is -2.47. The number of hydrogen-bond acceptors (Lipinski definition) is 5. The molecule has 5 rings (SSSR count). The van der Waals surface area contributed by atoms with Gasteiger partial charge in [0.2, 0.25) is 11.9 Å². The highest BCUT2D eigenvalue weighted by atomic mass is 16.3. The highest BCUT2D eigenvalue weighted by molar-refractivity contribution is 6.07. The number of piperidine rings is 1. The molecule has 0 atom stereocenters. The van der Waals surface area contributed by atoms with Gasteiger partial charge in [-0.25, -0.2) is 4.98 Å². The highest BCUT2D eigenvalue weighted by Crippen LogP contribution is 2.49. The Kier molecular flexibility index (Phi) is 3.54. The third-order valence-corrected chi connectivity index (χ3v) is 6.30. The predicted octanol–water partition coefficient (Wildman–Crippen LogP) is 1.84. The fourth-order valence-corrected chi connectivity index (χ4v) is 4.82. The molecule has 1 aromatic carbocycles. The van der Waals surface area contributed by atoms with Crippen molar-refractivity contribution < 1.29 is 9.90 Å². The molecule has 3 heterocycles. The number of aromatic amines is 1. The molecule has 1 spiro atoms. The second-order valence-corrected chi connectivity index (χ2v) is 7.74. The average Bonchev–Trinajstić information content (AvgIpc) is 2.95. The molecule has 0 saturated carbocycles. The summed E-state index contributed by atoms with van der Waals surface area (Å²) < 4.78 is 0. The minimum Gasteiger partial charge on any atom is -0.508 e. The molecule has 140 valence electrons. The molecule has 1 amide bonds. The van der Waals surface area contributed by atoms with Crippen LogP contribution in [0.15, 0.2) is 23.0 Å². The monoisotopic (exact) mass is 366 g/mol. The van der Waals surface area contributed by atoms with Gasteiger partial charge in [0, 0.05) is 29.9 Å². The van der Waals surface area contributed by atoms with Crippen LogP contribution in [0.1, 0.15) is 42.5 Å². The van der Waals surface area contributed by atoms with Gasteiger partial charge in [0.1, 0.15) is 5.75 Å². The van der Waals surface area contributed by atoms with Crippen LogP contribution in [0.4, 0.5) is 11.6 Å². The number of hydrogen-bond donors (Lipinski definition) is 3. The van der Waals surface area contributed by atoms with E-state index in [0.29, 0.717) is 43.1 Å². The van der Waals surface area contributed by atoms with Crippen molar-refractivity contribution in [1.29, 1.82) is 0 Å². The number of phenols is 1. The number of fused-ring (bicyclic) bond motifs is 3. The molecule has 0 bridgehead atoms. The van der Waals surface area contributed by atoms with Crippen LogP contribution in [-0.4, -0.2) is 34.1 Å². The summed E-state index contributed by atoms with van der Waals surface area (Å²) in [6.07, 6.45) is 4.92. The van der Waals surface area contributed by atoms with Gasteiger partial charge in [0.25, 0.3) is 5.56 Å². The van der Waals surface area contributed by atoms with E-state index in [1.54, 1.807) is 12.1 Å². The van der Waals surface area contributed by atoms with E-state index in [1.807, 2.05) is 11.0 Å². The maximum absolute atomic E-state index is 12.7. The van der Waals surface area contributed by atoms with Gasteiger partial charge in [-0.05, 0) is 50.7 Å². The maximum Gasteiger partial charge on any atom is 0.255 e. The summed E-state index contributed by atoms with van der Waals surface area (Å²) >= 11 is 0. The van der Waals surface area contributed by atoms with Crippen LogP contribution in [0.5, 0.6) is 5.75 Å². The molecule has 1 fully saturated rings. The summed E-state index contributed by atoms with van der Waals surface area (Å²) in [5.41, 5.74) is 2.42. The first-order valence-electron chi connectivity index (χ1n) is 9.59. The van der Waals surface area contributed by atoms with E-state index in [1.165, 1.54) is 0 Å². The summed E-state index contributed by atoms with van der Waals surface area (Å²) in [5, 5.41) is 13.3. The van der Waals surface area contributed by atoms with Crippen molar-refractivity contribution in [3.63, 3.8) is 0 Å². The fraction of sp³-hybridized carbons (Fsp3) is 0.450. The normalized spacial score (nSPS) is 20.3. The lowest BCUT2D eigenvalue weighted by molar-refractivity contribution is -0.121. The number of anilines is 2. The predicted molar refractivity (Wildman–Crippen MR) is 101 cm³/mol. The van der Waals surface area contributed by atoms with Gasteiger partial charge in [-0.2, -0.15) is 0 Å². The number of H-pyrrole nitrogens is 1. The largest absolute Gasteiger partial charge is 0.508 e. The highest BCUT2D eigenvalue weighted by Gasteiger charge is 2.50. The Balaban J connectivity index is 1.44. The molecular formula is C20H22N4O3. The molecule has 0 unspecified atom stereocenters. The zero-order valence-electron chi connectivity index (χ0n) is 15.0. The average molecular weight is 366 g/mol. The molecule has 1 aromatic heterocycles. The molecule has 1 aliphatic carbocycles. The number of aryl methyl sites for hydroxylation is 1. The number of nitrogens with one attached hydrogen (secondary N) is 2. The van der Waals surface area contributed by atoms with Crippen molar-refractivity contribution in [2.24, 2.45) is 0 Å². The second-order valence-electron chi connectivity index (χ2n) is 7.74. The first kappa shape index (κ1) is 16.4. The van der Waals surface area contributed by atoms with E-state index in [0.717, 1.165) is 36.9 Å². The van der Waals surface area contributed by atoms with Crippen LogP contribution in [0.2, 0.25) is 0 Å². The number of amides is 1. The number of carbonyl (C=O) groups is 1. The smallest absolute Gasteiger partial charge is 0.255 e. The summed E-state index contributed by atoms with van der Waals surface area (Å²) in [4.78, 5) is 34.9. The van der Waals surface area contributed by atoms with Gasteiger partial charge in [-0.1, -0.05) is 6.07 Å². The van der Waals surface area contributed by atoms with Gasteiger partial charge in [-0.15, -0.1) is 0 Å². The number of aromatic hydroxyl groups is 1. The van der Waals surface area contributed by atoms with E-state index < -0.39 is 5.41 Å². The van der Waals surface area contributed by atoms with E-state index in [-0.39, 0.29) is 17.2 Å². The first-order chi connectivity index (χ1) is 13.1. The van der Waals surface area contributed by atoms with Crippen molar-refractivity contribution in [3.8, 4) is 5.75 Å². The third-order valence-electron chi connectivity index (χ3n) is 6.30. The van der Waals surface area contributed by atoms with Crippen LogP contribution in [0, 0.1) is 0 Å². The van der Waals surface area contributed by atoms with Crippen LogP contribution in [-0.2, 0) is 23.1 Å². The summed E-state index contributed by atoms with van der Waals surface area (Å²) in [6, 6.07) is 5.21. The van der Waals surface area contributed by atoms with Crippen LogP contribution < -0.4 is 15.8 Å². The molecule has 27 heavy (non-hydrogen) atoms. The van der Waals surface area contributed by atoms with Crippen LogP contribution in [0.25, 0.3) is 0 Å². The Bertz CT molecular complexity index is 989. The molecule has 3 N–H and O–H groups in total. The lowest BCUT2D eigenvalue weighted by atomic mass is 9.73. The van der Waals surface area contributed by atoms with Crippen molar-refractivity contribution in [3.05, 3.63) is 45.4 Å². The number of phenolic OH excluding ortho intramolecular Hbond substituents is 1. The second kappa shape index (κ2) is 5.84. The van der Waals surface area contributed by atoms with E-state index in [2.05, 4.69) is 10.3 Å². The molecule has 7 nitrogen and oxygen atoms in total. The zero-order valence-corrected chi connectivity index (χ0v) is 15.0. The van der Waals surface area contributed by atoms with Crippen molar-refractivity contribution in [1.82, 2.24) is 9.97 Å². The third kappa shape index (κ3) is 2.37. The summed E-state index contributed by atoms with van der Waals surface area (Å²) in [6.45, 7) is 1.20. The summed E-state index contributed by atoms with van der Waals surface area (Å²) in [7, 11) is 0. The molecular weight excluding hydrogens is 344 g/mol. The van der Waals surface area contributed by atoms with Gasteiger partial charge in [0.15, 0.2) is 0 Å². The van der Waals surface area contributed by atoms with Crippen molar-refractivity contribution in [2.75, 3.05) is 23.3 Å². The Hall–Kier alpha value is -2.83. The Morgan fingerprint density at radius 1 is 1.11 bits per heavy atom. The standard InChI is InChI=1S/C20H22N4O3/c25-15-7-3-6-14-16(15)20(18(27)21-14)8-10-24(11-9-20)19-22-13-5-2-1-4-12(13)17(26)23-19/h3,6-7,25H,1-2,4-5,8-11H2,(H,21,27)(H,22,23,26). The van der Waals surface area contributed by atoms with Crippen LogP contribution >= 0.6 is 0 Å². The van der Waals surface area contributed by atoms with Gasteiger partial charge >= 0.3 is 0 Å². The summed E-state index contributed by atoms with van der Waals surface area (Å²) in [5.74, 6) is 0.719. The Morgan fingerprint density at radius 3 is 2.70 bits per heavy atom. The first-order valence-corrected chi connectivity index (χ1v) is 9.59. The minimum atomic E-state index is -0.703. The Morgan fingerprint density at radius 2 is 1.89 bits per heavy atom. The van der Waals surface area contributed by atoms with Crippen molar-refractivity contribution >= 4 is 17.5 Å². The molecule has 1 saturated heterocycles. The SMILES string of the molecule is O=C1Nc2cccc(O)c2C12CCN(c1nc3c(c(=O)[nH]1)CCCC3)CC2. The number of nitrogens with zero attached hydrogens (tertiary/aromatic N) is 2. The zero-order chi connectivity index (χ0) is 18.6. The van der Waals surface area contributed by atoms with E-state index >= 15 is 0 Å². The Labute approximate surface area is 156 Å². The van der Waals surface area contributed by atoms with Gasteiger partial charge in [0.05, 0.1) is 11.1 Å². The molecule has 0 radical (unpaired) electrons.